The molecule has 110 valence electrons. The Morgan fingerprint density at radius 2 is 1.86 bits per heavy atom. The number of halogens is 3. The second-order valence-electron chi connectivity index (χ2n) is 4.49. The summed E-state index contributed by atoms with van der Waals surface area (Å²) in [4.78, 5) is 11.8. The molecule has 0 aliphatic heterocycles. The molecular weight excluding hydrogens is 281 g/mol. The van der Waals surface area contributed by atoms with Crippen molar-refractivity contribution in [3.8, 4) is 0 Å². The van der Waals surface area contributed by atoms with Crippen LogP contribution >= 0.6 is 0 Å². The zero-order valence-electron chi connectivity index (χ0n) is 11.0. The number of anilines is 1. The first-order chi connectivity index (χ1) is 9.97. The molecule has 3 nitrogen and oxygen atoms in total. The molecule has 0 bridgehead atoms. The lowest BCUT2D eigenvalue weighted by atomic mass is 10.1. The molecule has 0 aliphatic rings. The Labute approximate surface area is 119 Å². The van der Waals surface area contributed by atoms with Crippen molar-refractivity contribution in [3.63, 3.8) is 0 Å². The summed E-state index contributed by atoms with van der Waals surface area (Å²) in [6, 6.07) is 7.46. The number of carbonyl (C=O) groups excluding carboxylic acids is 1. The zero-order chi connectivity index (χ0) is 15.4. The van der Waals surface area contributed by atoms with Gasteiger partial charge in [0.2, 0.25) is 0 Å². The van der Waals surface area contributed by atoms with Crippen molar-refractivity contribution in [3.05, 3.63) is 65.0 Å². The van der Waals surface area contributed by atoms with Crippen LogP contribution in [-0.2, 0) is 6.42 Å². The summed E-state index contributed by atoms with van der Waals surface area (Å²) in [5, 5.41) is 2.48. The third kappa shape index (κ3) is 3.75. The second-order valence-corrected chi connectivity index (χ2v) is 4.49. The van der Waals surface area contributed by atoms with E-state index in [2.05, 4.69) is 5.32 Å². The van der Waals surface area contributed by atoms with Gasteiger partial charge in [-0.05, 0) is 30.2 Å². The molecule has 0 radical (unpaired) electrons. The summed E-state index contributed by atoms with van der Waals surface area (Å²) in [6.45, 7) is 0.193. The van der Waals surface area contributed by atoms with Crippen LogP contribution < -0.4 is 11.1 Å². The van der Waals surface area contributed by atoms with Gasteiger partial charge in [0, 0.05) is 12.6 Å². The predicted octanol–water partition coefficient (Wildman–Crippen LogP) is 2.66. The van der Waals surface area contributed by atoms with Gasteiger partial charge in [-0.15, -0.1) is 0 Å². The SMILES string of the molecule is Nc1cc(C(=O)NCCc2cccc(F)c2)c(F)cc1F. The van der Waals surface area contributed by atoms with E-state index in [1.807, 2.05) is 0 Å². The first-order valence-electron chi connectivity index (χ1n) is 6.24. The van der Waals surface area contributed by atoms with E-state index in [1.54, 1.807) is 12.1 Å². The lowest BCUT2D eigenvalue weighted by Gasteiger charge is -2.07. The van der Waals surface area contributed by atoms with Crippen molar-refractivity contribution in [2.24, 2.45) is 0 Å². The van der Waals surface area contributed by atoms with Crippen LogP contribution in [0.4, 0.5) is 18.9 Å². The van der Waals surface area contributed by atoms with E-state index < -0.39 is 17.5 Å². The molecule has 0 aliphatic carbocycles. The quantitative estimate of drug-likeness (QED) is 0.852. The molecule has 0 aromatic heterocycles. The van der Waals surface area contributed by atoms with Gasteiger partial charge in [-0.2, -0.15) is 0 Å². The lowest BCUT2D eigenvalue weighted by molar-refractivity contribution is 0.0950. The van der Waals surface area contributed by atoms with Gasteiger partial charge < -0.3 is 11.1 Å². The molecule has 0 saturated heterocycles. The molecule has 0 atom stereocenters. The highest BCUT2D eigenvalue weighted by atomic mass is 19.1. The summed E-state index contributed by atoms with van der Waals surface area (Å²) in [6.07, 6.45) is 0.391. The monoisotopic (exact) mass is 294 g/mol. The Bertz CT molecular complexity index is 674. The van der Waals surface area contributed by atoms with Gasteiger partial charge in [-0.25, -0.2) is 13.2 Å². The Morgan fingerprint density at radius 3 is 2.57 bits per heavy atom. The maximum atomic E-state index is 13.5. The Morgan fingerprint density at radius 1 is 1.10 bits per heavy atom. The Kier molecular flexibility index (Phi) is 4.47. The minimum absolute atomic E-state index is 0.193. The third-order valence-corrected chi connectivity index (χ3v) is 2.92. The molecular formula is C15H13F3N2O. The van der Waals surface area contributed by atoms with Crippen LogP contribution in [0.15, 0.2) is 36.4 Å². The number of carbonyl (C=O) groups is 1. The van der Waals surface area contributed by atoms with Crippen molar-refractivity contribution in [1.82, 2.24) is 5.32 Å². The van der Waals surface area contributed by atoms with Crippen LogP contribution in [0.5, 0.6) is 0 Å². The van der Waals surface area contributed by atoms with Gasteiger partial charge in [-0.3, -0.25) is 4.79 Å². The first kappa shape index (κ1) is 14.9. The topological polar surface area (TPSA) is 55.1 Å². The largest absolute Gasteiger partial charge is 0.396 e. The number of amides is 1. The molecule has 0 spiro atoms. The standard InChI is InChI=1S/C15H13F3N2O/c16-10-3-1-2-9(6-10)4-5-20-15(21)11-7-14(19)13(18)8-12(11)17/h1-3,6-8H,4-5,19H2,(H,20,21). The van der Waals surface area contributed by atoms with Crippen molar-refractivity contribution in [2.45, 2.75) is 6.42 Å². The molecule has 0 fully saturated rings. The summed E-state index contributed by atoms with van der Waals surface area (Å²) in [5.74, 6) is -2.96. The number of hydrogen-bond donors (Lipinski definition) is 2. The predicted molar refractivity (Wildman–Crippen MR) is 73.2 cm³/mol. The molecule has 2 aromatic carbocycles. The summed E-state index contributed by atoms with van der Waals surface area (Å²) in [7, 11) is 0. The van der Waals surface area contributed by atoms with Crippen LogP contribution in [0.2, 0.25) is 0 Å². The average Bonchev–Trinajstić information content (AvgIpc) is 2.43. The molecule has 2 aromatic rings. The number of nitrogen functional groups attached to an aromatic ring is 1. The number of nitrogens with one attached hydrogen (secondary N) is 1. The normalized spacial score (nSPS) is 10.4. The highest BCUT2D eigenvalue weighted by Gasteiger charge is 2.14. The molecule has 1 amide bonds. The molecule has 6 heteroatoms. The van der Waals surface area contributed by atoms with Crippen LogP contribution in [0.3, 0.4) is 0 Å². The van der Waals surface area contributed by atoms with Crippen LogP contribution in [0.1, 0.15) is 15.9 Å². The Hall–Kier alpha value is -2.50. The van der Waals surface area contributed by atoms with Crippen molar-refractivity contribution in [2.75, 3.05) is 12.3 Å². The van der Waals surface area contributed by atoms with E-state index >= 15 is 0 Å². The van der Waals surface area contributed by atoms with Crippen LogP contribution in [0.25, 0.3) is 0 Å². The molecule has 0 unspecified atom stereocenters. The maximum Gasteiger partial charge on any atom is 0.254 e. The van der Waals surface area contributed by atoms with Gasteiger partial charge in [-0.1, -0.05) is 12.1 Å². The third-order valence-electron chi connectivity index (χ3n) is 2.92. The summed E-state index contributed by atoms with van der Waals surface area (Å²) < 4.78 is 39.4. The van der Waals surface area contributed by atoms with Gasteiger partial charge in [0.25, 0.3) is 5.91 Å². The highest BCUT2D eigenvalue weighted by molar-refractivity contribution is 5.95. The molecule has 21 heavy (non-hydrogen) atoms. The fraction of sp³-hybridized carbons (Fsp3) is 0.133. The molecule has 0 saturated carbocycles. The molecule has 2 rings (SSSR count). The maximum absolute atomic E-state index is 13.5. The average molecular weight is 294 g/mol. The lowest BCUT2D eigenvalue weighted by Crippen LogP contribution is -2.26. The number of hydrogen-bond acceptors (Lipinski definition) is 2. The van der Waals surface area contributed by atoms with E-state index in [9.17, 15) is 18.0 Å². The summed E-state index contributed by atoms with van der Waals surface area (Å²) in [5.41, 5.74) is 5.38. The van der Waals surface area contributed by atoms with E-state index in [4.69, 9.17) is 5.73 Å². The summed E-state index contributed by atoms with van der Waals surface area (Å²) >= 11 is 0. The highest BCUT2D eigenvalue weighted by Crippen LogP contribution is 2.16. The molecule has 0 heterocycles. The zero-order valence-corrected chi connectivity index (χ0v) is 11.0. The van der Waals surface area contributed by atoms with Crippen molar-refractivity contribution in [1.29, 1.82) is 0 Å². The van der Waals surface area contributed by atoms with Crippen molar-refractivity contribution < 1.29 is 18.0 Å². The van der Waals surface area contributed by atoms with Gasteiger partial charge in [0.15, 0.2) is 0 Å². The Balaban J connectivity index is 1.98. The number of benzene rings is 2. The van der Waals surface area contributed by atoms with Gasteiger partial charge in [0.05, 0.1) is 11.3 Å². The van der Waals surface area contributed by atoms with Crippen molar-refractivity contribution >= 4 is 11.6 Å². The van der Waals surface area contributed by atoms with Gasteiger partial charge in [0.1, 0.15) is 17.5 Å². The minimum atomic E-state index is -0.982. The smallest absolute Gasteiger partial charge is 0.254 e. The minimum Gasteiger partial charge on any atom is -0.396 e. The number of rotatable bonds is 4. The van der Waals surface area contributed by atoms with Gasteiger partial charge >= 0.3 is 0 Å². The van der Waals surface area contributed by atoms with E-state index in [1.165, 1.54) is 12.1 Å². The number of nitrogens with two attached hydrogens (primary N) is 1. The first-order valence-corrected chi connectivity index (χ1v) is 6.24. The van der Waals surface area contributed by atoms with Crippen LogP contribution in [0, 0.1) is 17.5 Å². The molecule has 3 N–H and O–H groups in total. The van der Waals surface area contributed by atoms with Crippen LogP contribution in [-0.4, -0.2) is 12.5 Å². The van der Waals surface area contributed by atoms with E-state index in [0.717, 1.165) is 6.07 Å². The van der Waals surface area contributed by atoms with E-state index in [0.29, 0.717) is 18.1 Å². The second kappa shape index (κ2) is 6.30. The van der Waals surface area contributed by atoms with E-state index in [-0.39, 0.29) is 23.6 Å². The fourth-order valence-corrected chi connectivity index (χ4v) is 1.85. The fourth-order valence-electron chi connectivity index (χ4n) is 1.85.